The Balaban J connectivity index is 2.93. The first-order valence-corrected chi connectivity index (χ1v) is 5.26. The molecule has 0 bridgehead atoms. The number of hydrogen-bond acceptors (Lipinski definition) is 4. The third-order valence-electron chi connectivity index (χ3n) is 2.34. The van der Waals surface area contributed by atoms with Crippen LogP contribution >= 0.6 is 0 Å². The number of nitro groups is 1. The van der Waals surface area contributed by atoms with Crippen LogP contribution in [0.2, 0.25) is 0 Å². The second-order valence-corrected chi connectivity index (χ2v) is 3.61. The second-order valence-electron chi connectivity index (χ2n) is 3.61. The van der Waals surface area contributed by atoms with Gasteiger partial charge in [0.25, 0.3) is 0 Å². The van der Waals surface area contributed by atoms with Crippen molar-refractivity contribution in [1.29, 1.82) is 0 Å². The predicted octanol–water partition coefficient (Wildman–Crippen LogP) is 2.43. The van der Waals surface area contributed by atoms with Gasteiger partial charge in [-0.1, -0.05) is 13.5 Å². The summed E-state index contributed by atoms with van der Waals surface area (Å²) >= 11 is 0. The lowest BCUT2D eigenvalue weighted by atomic mass is 10.2. The fourth-order valence-corrected chi connectivity index (χ4v) is 1.21. The maximum Gasteiger partial charge on any atom is 0.310 e. The normalized spacial score (nSPS) is 10.0. The number of nitro benzene ring substituents is 1. The highest BCUT2D eigenvalue weighted by Crippen LogP contribution is 2.28. The van der Waals surface area contributed by atoms with Crippen LogP contribution in [0.3, 0.4) is 0 Å². The summed E-state index contributed by atoms with van der Waals surface area (Å²) in [5, 5.41) is 19.7. The van der Waals surface area contributed by atoms with Gasteiger partial charge in [-0.3, -0.25) is 10.1 Å². The fraction of sp³-hybridized carbons (Fsp3) is 0.333. The van der Waals surface area contributed by atoms with Gasteiger partial charge >= 0.3 is 5.69 Å². The quantitative estimate of drug-likeness (QED) is 0.468. The van der Waals surface area contributed by atoms with Gasteiger partial charge in [0.15, 0.2) is 5.75 Å². The minimum atomic E-state index is -0.509. The number of ether oxygens (including phenoxy) is 1. The highest BCUT2D eigenvalue weighted by Gasteiger charge is 2.15. The molecule has 1 N–H and O–H groups in total. The van der Waals surface area contributed by atoms with Crippen LogP contribution in [-0.2, 0) is 6.61 Å². The molecule has 0 saturated carbocycles. The van der Waals surface area contributed by atoms with E-state index in [1.165, 1.54) is 18.2 Å². The lowest BCUT2D eigenvalue weighted by Gasteiger charge is -2.08. The van der Waals surface area contributed by atoms with Crippen molar-refractivity contribution in [3.63, 3.8) is 0 Å². The predicted molar refractivity (Wildman–Crippen MR) is 63.9 cm³/mol. The number of aliphatic hydroxyl groups is 1. The van der Waals surface area contributed by atoms with Gasteiger partial charge in [0.05, 0.1) is 11.5 Å². The first-order valence-electron chi connectivity index (χ1n) is 5.26. The zero-order valence-electron chi connectivity index (χ0n) is 9.68. The van der Waals surface area contributed by atoms with E-state index < -0.39 is 4.92 Å². The zero-order chi connectivity index (χ0) is 12.8. The Morgan fingerprint density at radius 3 is 2.82 bits per heavy atom. The van der Waals surface area contributed by atoms with E-state index in [4.69, 9.17) is 9.84 Å². The van der Waals surface area contributed by atoms with Crippen LogP contribution in [0.5, 0.6) is 5.75 Å². The molecule has 0 spiro atoms. The average Bonchev–Trinajstić information content (AvgIpc) is 2.35. The second kappa shape index (κ2) is 6.00. The lowest BCUT2D eigenvalue weighted by molar-refractivity contribution is -0.385. The Bertz CT molecular complexity index is 429. The van der Waals surface area contributed by atoms with Crippen molar-refractivity contribution in [2.24, 2.45) is 0 Å². The Kier molecular flexibility index (Phi) is 4.66. The first-order chi connectivity index (χ1) is 8.08. The monoisotopic (exact) mass is 237 g/mol. The summed E-state index contributed by atoms with van der Waals surface area (Å²) in [7, 11) is 0. The molecule has 1 aromatic rings. The fourth-order valence-electron chi connectivity index (χ4n) is 1.21. The molecule has 0 radical (unpaired) electrons. The molecule has 5 nitrogen and oxygen atoms in total. The molecule has 0 aliphatic rings. The minimum absolute atomic E-state index is 0.105. The molecule has 0 amide bonds. The van der Waals surface area contributed by atoms with Crippen LogP contribution in [0.4, 0.5) is 5.69 Å². The van der Waals surface area contributed by atoms with Crippen LogP contribution < -0.4 is 4.74 Å². The number of benzene rings is 1. The zero-order valence-corrected chi connectivity index (χ0v) is 9.68. The van der Waals surface area contributed by atoms with Gasteiger partial charge < -0.3 is 9.84 Å². The highest BCUT2D eigenvalue weighted by molar-refractivity contribution is 5.48. The molecule has 0 atom stereocenters. The third kappa shape index (κ3) is 3.57. The molecule has 1 aromatic carbocycles. The largest absolute Gasteiger partial charge is 0.482 e. The van der Waals surface area contributed by atoms with Crippen molar-refractivity contribution in [3.05, 3.63) is 46.0 Å². The van der Waals surface area contributed by atoms with E-state index in [-0.39, 0.29) is 24.7 Å². The molecule has 0 heterocycles. The smallest absolute Gasteiger partial charge is 0.310 e. The van der Waals surface area contributed by atoms with E-state index in [1.54, 1.807) is 0 Å². The average molecular weight is 237 g/mol. The third-order valence-corrected chi connectivity index (χ3v) is 2.34. The van der Waals surface area contributed by atoms with Crippen LogP contribution in [-0.4, -0.2) is 16.6 Å². The maximum atomic E-state index is 10.8. The van der Waals surface area contributed by atoms with Gasteiger partial charge in [-0.15, -0.1) is 0 Å². The molecule has 5 heteroatoms. The summed E-state index contributed by atoms with van der Waals surface area (Å²) in [4.78, 5) is 10.3. The van der Waals surface area contributed by atoms with Crippen molar-refractivity contribution in [2.75, 3.05) is 6.61 Å². The molecule has 17 heavy (non-hydrogen) atoms. The maximum absolute atomic E-state index is 10.8. The Labute approximate surface area is 99.5 Å². The van der Waals surface area contributed by atoms with Gasteiger partial charge in [0.1, 0.15) is 6.61 Å². The van der Waals surface area contributed by atoms with Gasteiger partial charge in [0, 0.05) is 6.07 Å². The molecule has 0 aromatic heterocycles. The van der Waals surface area contributed by atoms with E-state index in [2.05, 4.69) is 6.58 Å². The van der Waals surface area contributed by atoms with Gasteiger partial charge in [-0.25, -0.2) is 0 Å². The van der Waals surface area contributed by atoms with Gasteiger partial charge in [-0.2, -0.15) is 0 Å². The summed E-state index contributed by atoms with van der Waals surface area (Å²) in [6.07, 6.45) is 0.757. The number of nitrogens with zero attached hydrogens (tertiary/aromatic N) is 1. The SMILES string of the molecule is C=C(CC)COc1cc(CO)ccc1[N+](=O)[O-]. The minimum Gasteiger partial charge on any atom is -0.482 e. The molecule has 92 valence electrons. The molecule has 1 rings (SSSR count). The van der Waals surface area contributed by atoms with Gasteiger partial charge in [0.2, 0.25) is 0 Å². The van der Waals surface area contributed by atoms with E-state index in [0.29, 0.717) is 5.56 Å². The Morgan fingerprint density at radius 1 is 1.59 bits per heavy atom. The van der Waals surface area contributed by atoms with E-state index in [1.807, 2.05) is 6.92 Å². The summed E-state index contributed by atoms with van der Waals surface area (Å²) in [5.41, 5.74) is 1.33. The number of aliphatic hydroxyl groups excluding tert-OH is 1. The lowest BCUT2D eigenvalue weighted by Crippen LogP contribution is -2.03. The van der Waals surface area contributed by atoms with E-state index in [9.17, 15) is 10.1 Å². The van der Waals surface area contributed by atoms with E-state index in [0.717, 1.165) is 12.0 Å². The molecular formula is C12H15NO4. The molecule has 0 aliphatic carbocycles. The Morgan fingerprint density at radius 2 is 2.29 bits per heavy atom. The van der Waals surface area contributed by atoms with Crippen molar-refractivity contribution >= 4 is 5.69 Å². The molecule has 0 saturated heterocycles. The summed E-state index contributed by atoms with van der Waals surface area (Å²) in [5.74, 6) is 0.163. The van der Waals surface area contributed by atoms with Crippen LogP contribution in [0.25, 0.3) is 0 Å². The standard InChI is InChI=1S/C12H15NO4/c1-3-9(2)8-17-12-6-10(7-14)4-5-11(12)13(15)16/h4-6,14H,2-3,7-8H2,1H3. The molecule has 0 fully saturated rings. The first kappa shape index (κ1) is 13.2. The number of hydrogen-bond donors (Lipinski definition) is 1. The van der Waals surface area contributed by atoms with E-state index >= 15 is 0 Å². The van der Waals surface area contributed by atoms with Crippen LogP contribution in [0.1, 0.15) is 18.9 Å². The van der Waals surface area contributed by atoms with Gasteiger partial charge in [-0.05, 0) is 29.7 Å². The summed E-state index contributed by atoms with van der Waals surface area (Å²) < 4.78 is 5.34. The van der Waals surface area contributed by atoms with Crippen molar-refractivity contribution in [3.8, 4) is 5.75 Å². The van der Waals surface area contributed by atoms with Crippen molar-refractivity contribution in [2.45, 2.75) is 20.0 Å². The topological polar surface area (TPSA) is 72.6 Å². The van der Waals surface area contributed by atoms with Crippen molar-refractivity contribution in [1.82, 2.24) is 0 Å². The van der Waals surface area contributed by atoms with Crippen molar-refractivity contribution < 1.29 is 14.8 Å². The summed E-state index contributed by atoms with van der Waals surface area (Å²) in [6, 6.07) is 4.30. The molecule has 0 aliphatic heterocycles. The Hall–Kier alpha value is -1.88. The number of rotatable bonds is 6. The van der Waals surface area contributed by atoms with Crippen LogP contribution in [0.15, 0.2) is 30.4 Å². The molecular weight excluding hydrogens is 222 g/mol. The molecule has 0 unspecified atom stereocenters. The van der Waals surface area contributed by atoms with Crippen LogP contribution in [0, 0.1) is 10.1 Å². The highest BCUT2D eigenvalue weighted by atomic mass is 16.6. The summed E-state index contributed by atoms with van der Waals surface area (Å²) in [6.45, 7) is 5.76.